The van der Waals surface area contributed by atoms with Crippen molar-refractivity contribution in [2.45, 2.75) is 12.8 Å². The second-order valence-corrected chi connectivity index (χ2v) is 15.4. The van der Waals surface area contributed by atoms with Gasteiger partial charge < -0.3 is 13.9 Å². The molecule has 276 valence electrons. The normalized spacial score (nSPS) is 15.4. The lowest BCUT2D eigenvalue weighted by molar-refractivity contribution is 0.632. The first-order chi connectivity index (χ1) is 28.7. The van der Waals surface area contributed by atoms with Crippen molar-refractivity contribution in [1.82, 2.24) is 4.57 Å². The Morgan fingerprint density at radius 1 is 0.466 bits per heavy atom. The van der Waals surface area contributed by atoms with Crippen molar-refractivity contribution >= 4 is 66.5 Å². The fraction of sp³-hybridized carbons (Fsp3) is 0.0545. The molecule has 0 N–H and O–H groups in total. The van der Waals surface area contributed by atoms with Gasteiger partial charge in [-0.15, -0.1) is 0 Å². The van der Waals surface area contributed by atoms with Gasteiger partial charge in [-0.3, -0.25) is 0 Å². The highest BCUT2D eigenvalue weighted by atomic mass is 16.3. The van der Waals surface area contributed by atoms with E-state index in [0.29, 0.717) is 5.92 Å². The van der Waals surface area contributed by atoms with E-state index < -0.39 is 0 Å². The van der Waals surface area contributed by atoms with E-state index in [1.165, 1.54) is 44.2 Å². The number of rotatable bonds is 7. The summed E-state index contributed by atoms with van der Waals surface area (Å²) in [7, 11) is 0. The predicted octanol–water partition coefficient (Wildman–Crippen LogP) is 15.3. The van der Waals surface area contributed by atoms with Gasteiger partial charge in [0.05, 0.1) is 11.0 Å². The highest BCUT2D eigenvalue weighted by Gasteiger charge is 2.28. The number of hydrogen-bond donors (Lipinski definition) is 0. The van der Waals surface area contributed by atoms with Gasteiger partial charge in [-0.25, -0.2) is 0 Å². The molecule has 8 aromatic carbocycles. The third-order valence-corrected chi connectivity index (χ3v) is 11.9. The zero-order valence-corrected chi connectivity index (χ0v) is 32.2. The number of nitrogens with zero attached hydrogens (tertiary/aromatic N) is 2. The Bertz CT molecular complexity index is 3110. The molecule has 0 radical (unpaired) electrons. The molecule has 0 fully saturated rings. The standard InChI is InChI=1S/C55H40N2O/c1-37-13-11-23-52(57-50-21-8-5-16-46(50)47-17-6-9-22-51(47)57)54(37)41-29-35-44(36-30-41)56(42-31-25-39(26-32-42)38-14-3-2-4-15-38)43-33-27-40(28-34-43)45-19-12-20-49-48-18-7-10-24-53(48)58-55(45)49/h2-37,54H,1H3. The van der Waals surface area contributed by atoms with Crippen LogP contribution in [0.25, 0.3) is 71.7 Å². The van der Waals surface area contributed by atoms with Gasteiger partial charge in [-0.1, -0.05) is 159 Å². The van der Waals surface area contributed by atoms with Gasteiger partial charge in [-0.2, -0.15) is 0 Å². The van der Waals surface area contributed by atoms with Gasteiger partial charge in [0.2, 0.25) is 0 Å². The molecule has 1 aliphatic rings. The molecule has 3 heteroatoms. The Kier molecular flexibility index (Phi) is 8.18. The molecule has 0 aliphatic heterocycles. The van der Waals surface area contributed by atoms with Crippen molar-refractivity contribution in [1.29, 1.82) is 0 Å². The zero-order valence-electron chi connectivity index (χ0n) is 32.2. The smallest absolute Gasteiger partial charge is 0.143 e. The Labute approximate surface area is 338 Å². The van der Waals surface area contributed by atoms with E-state index in [2.05, 4.69) is 217 Å². The van der Waals surface area contributed by atoms with Crippen LogP contribution in [0.2, 0.25) is 0 Å². The summed E-state index contributed by atoms with van der Waals surface area (Å²) in [4.78, 5) is 2.36. The maximum Gasteiger partial charge on any atom is 0.143 e. The van der Waals surface area contributed by atoms with Crippen LogP contribution >= 0.6 is 0 Å². The van der Waals surface area contributed by atoms with Crippen LogP contribution in [0.3, 0.4) is 0 Å². The van der Waals surface area contributed by atoms with E-state index >= 15 is 0 Å². The van der Waals surface area contributed by atoms with Crippen LogP contribution in [0.5, 0.6) is 0 Å². The molecule has 0 amide bonds. The average Bonchev–Trinajstić information content (AvgIpc) is 3.84. The van der Waals surface area contributed by atoms with Crippen LogP contribution in [0.4, 0.5) is 17.1 Å². The Morgan fingerprint density at radius 3 is 1.67 bits per heavy atom. The minimum Gasteiger partial charge on any atom is -0.455 e. The molecule has 2 unspecified atom stereocenters. The number of furan rings is 1. The van der Waals surface area contributed by atoms with Crippen molar-refractivity contribution in [2.24, 2.45) is 5.92 Å². The second-order valence-electron chi connectivity index (χ2n) is 15.4. The summed E-state index contributed by atoms with van der Waals surface area (Å²) in [6, 6.07) is 69.9. The van der Waals surface area contributed by atoms with E-state index in [0.717, 1.165) is 50.1 Å². The van der Waals surface area contributed by atoms with Crippen molar-refractivity contribution in [2.75, 3.05) is 4.90 Å². The van der Waals surface area contributed by atoms with E-state index in [1.807, 2.05) is 12.1 Å². The third kappa shape index (κ3) is 5.66. The lowest BCUT2D eigenvalue weighted by Crippen LogP contribution is -2.17. The molecule has 58 heavy (non-hydrogen) atoms. The van der Waals surface area contributed by atoms with Crippen molar-refractivity contribution in [3.8, 4) is 22.3 Å². The van der Waals surface area contributed by atoms with Crippen LogP contribution in [0, 0.1) is 5.92 Å². The number of benzene rings is 8. The zero-order chi connectivity index (χ0) is 38.6. The van der Waals surface area contributed by atoms with Gasteiger partial charge in [-0.05, 0) is 88.8 Å². The van der Waals surface area contributed by atoms with Crippen LogP contribution in [0.1, 0.15) is 18.4 Å². The quantitative estimate of drug-likeness (QED) is 0.162. The van der Waals surface area contributed by atoms with E-state index in [4.69, 9.17) is 4.42 Å². The largest absolute Gasteiger partial charge is 0.455 e. The molecule has 1 aliphatic carbocycles. The molecule has 2 heterocycles. The highest BCUT2D eigenvalue weighted by Crippen LogP contribution is 2.45. The number of fused-ring (bicyclic) bond motifs is 6. The molecule has 0 spiro atoms. The summed E-state index contributed by atoms with van der Waals surface area (Å²) in [6.07, 6.45) is 6.88. The first kappa shape index (κ1) is 33.9. The number of anilines is 3. The van der Waals surface area contributed by atoms with Gasteiger partial charge in [0.1, 0.15) is 11.2 Å². The van der Waals surface area contributed by atoms with Gasteiger partial charge in [0, 0.05) is 55.8 Å². The summed E-state index contributed by atoms with van der Waals surface area (Å²) in [5, 5.41) is 4.84. The fourth-order valence-corrected chi connectivity index (χ4v) is 9.18. The van der Waals surface area contributed by atoms with E-state index in [1.54, 1.807) is 0 Å². The van der Waals surface area contributed by atoms with Crippen LogP contribution < -0.4 is 4.90 Å². The van der Waals surface area contributed by atoms with Gasteiger partial charge in [0.15, 0.2) is 0 Å². The molecule has 2 aromatic heterocycles. The average molecular weight is 745 g/mol. The highest BCUT2D eigenvalue weighted by molar-refractivity contribution is 6.11. The first-order valence-electron chi connectivity index (χ1n) is 20.1. The van der Waals surface area contributed by atoms with Crippen molar-refractivity contribution < 1.29 is 4.42 Å². The second kappa shape index (κ2) is 14.0. The summed E-state index contributed by atoms with van der Waals surface area (Å²) in [6.45, 7) is 2.34. The SMILES string of the molecule is CC1C=CC=C(n2c3ccccc3c3ccccc32)C1c1ccc(N(c2ccc(-c3ccccc3)cc2)c2ccc(-c3cccc4c3oc3ccccc34)cc2)cc1. The third-order valence-electron chi connectivity index (χ3n) is 11.9. The molecular formula is C55H40N2O. The molecular weight excluding hydrogens is 705 g/mol. The Morgan fingerprint density at radius 2 is 1.00 bits per heavy atom. The number of para-hydroxylation sites is 4. The van der Waals surface area contributed by atoms with Crippen molar-refractivity contribution in [3.05, 3.63) is 218 Å². The predicted molar refractivity (Wildman–Crippen MR) is 244 cm³/mol. The molecule has 10 aromatic rings. The molecule has 11 rings (SSSR count). The fourth-order valence-electron chi connectivity index (χ4n) is 9.18. The summed E-state index contributed by atoms with van der Waals surface area (Å²) in [5.41, 5.74) is 14.8. The van der Waals surface area contributed by atoms with E-state index in [9.17, 15) is 0 Å². The molecule has 0 saturated heterocycles. The maximum atomic E-state index is 6.42. The number of aromatic nitrogens is 1. The summed E-state index contributed by atoms with van der Waals surface area (Å²) in [5.74, 6) is 0.494. The molecule has 2 atom stereocenters. The first-order valence-corrected chi connectivity index (χ1v) is 20.1. The monoisotopic (exact) mass is 744 g/mol. The molecule has 0 bridgehead atoms. The van der Waals surface area contributed by atoms with Gasteiger partial charge >= 0.3 is 0 Å². The van der Waals surface area contributed by atoms with E-state index in [-0.39, 0.29) is 5.92 Å². The lowest BCUT2D eigenvalue weighted by atomic mass is 9.81. The van der Waals surface area contributed by atoms with Crippen LogP contribution in [-0.4, -0.2) is 4.57 Å². The minimum absolute atomic E-state index is 0.178. The van der Waals surface area contributed by atoms with Crippen LogP contribution in [-0.2, 0) is 0 Å². The van der Waals surface area contributed by atoms with Gasteiger partial charge in [0.25, 0.3) is 0 Å². The Balaban J connectivity index is 0.991. The summed E-state index contributed by atoms with van der Waals surface area (Å²) >= 11 is 0. The van der Waals surface area contributed by atoms with Crippen molar-refractivity contribution in [3.63, 3.8) is 0 Å². The Hall–Kier alpha value is -7.36. The summed E-state index contributed by atoms with van der Waals surface area (Å²) < 4.78 is 8.91. The topological polar surface area (TPSA) is 21.3 Å². The molecule has 0 saturated carbocycles. The minimum atomic E-state index is 0.178. The number of hydrogen-bond acceptors (Lipinski definition) is 2. The van der Waals surface area contributed by atoms with Crippen LogP contribution in [0.15, 0.2) is 217 Å². The lowest BCUT2D eigenvalue weighted by Gasteiger charge is -2.30. The molecule has 3 nitrogen and oxygen atoms in total. The number of allylic oxidation sites excluding steroid dienone is 4. The maximum absolute atomic E-state index is 6.42.